The third kappa shape index (κ3) is 3.39. The van der Waals surface area contributed by atoms with Gasteiger partial charge in [-0.15, -0.1) is 0 Å². The van der Waals surface area contributed by atoms with Gasteiger partial charge in [0.25, 0.3) is 0 Å². The summed E-state index contributed by atoms with van der Waals surface area (Å²) in [5, 5.41) is 0. The standard InChI is InChI=1S/C17H27FN2/c1-12-5-4-6-15(9-12)20(3)17(11-19)14-7-8-16(18)13(2)10-14/h7-8,10,12,15,17H,4-6,9,11,19H2,1-3H3. The fourth-order valence-corrected chi connectivity index (χ4v) is 3.44. The number of rotatable bonds is 4. The number of hydrogen-bond acceptors (Lipinski definition) is 2. The number of likely N-dealkylation sites (N-methyl/N-ethyl adjacent to an activating group) is 1. The van der Waals surface area contributed by atoms with Crippen LogP contribution in [-0.2, 0) is 0 Å². The van der Waals surface area contributed by atoms with Gasteiger partial charge < -0.3 is 5.73 Å². The minimum atomic E-state index is -0.140. The Kier molecular flexibility index (Phi) is 5.17. The van der Waals surface area contributed by atoms with Gasteiger partial charge in [0.05, 0.1) is 0 Å². The number of hydrogen-bond donors (Lipinski definition) is 1. The number of nitrogens with two attached hydrogens (primary N) is 1. The normalized spacial score (nSPS) is 24.9. The van der Waals surface area contributed by atoms with E-state index in [4.69, 9.17) is 5.73 Å². The highest BCUT2D eigenvalue weighted by molar-refractivity contribution is 5.27. The van der Waals surface area contributed by atoms with Crippen molar-refractivity contribution in [2.45, 2.75) is 51.6 Å². The maximum atomic E-state index is 13.4. The summed E-state index contributed by atoms with van der Waals surface area (Å²) in [7, 11) is 2.17. The first-order valence-corrected chi connectivity index (χ1v) is 7.71. The Morgan fingerprint density at radius 3 is 2.75 bits per heavy atom. The van der Waals surface area contributed by atoms with E-state index in [0.717, 1.165) is 11.5 Å². The van der Waals surface area contributed by atoms with E-state index in [1.165, 1.54) is 25.7 Å². The number of nitrogens with zero attached hydrogens (tertiary/aromatic N) is 1. The van der Waals surface area contributed by atoms with Crippen LogP contribution >= 0.6 is 0 Å². The average molecular weight is 278 g/mol. The van der Waals surface area contributed by atoms with Crippen LogP contribution in [0, 0.1) is 18.7 Å². The summed E-state index contributed by atoms with van der Waals surface area (Å²) in [5.74, 6) is 0.656. The van der Waals surface area contributed by atoms with E-state index in [0.29, 0.717) is 18.2 Å². The Balaban J connectivity index is 2.15. The lowest BCUT2D eigenvalue weighted by molar-refractivity contribution is 0.121. The maximum absolute atomic E-state index is 13.4. The predicted molar refractivity (Wildman–Crippen MR) is 82.1 cm³/mol. The van der Waals surface area contributed by atoms with Crippen molar-refractivity contribution < 1.29 is 4.39 Å². The molecule has 1 fully saturated rings. The Morgan fingerprint density at radius 1 is 1.40 bits per heavy atom. The molecular weight excluding hydrogens is 251 g/mol. The van der Waals surface area contributed by atoms with E-state index >= 15 is 0 Å². The quantitative estimate of drug-likeness (QED) is 0.911. The molecule has 0 heterocycles. The van der Waals surface area contributed by atoms with Crippen molar-refractivity contribution in [3.05, 3.63) is 35.1 Å². The molecule has 1 aliphatic rings. The average Bonchev–Trinajstić information content (AvgIpc) is 2.43. The molecule has 0 spiro atoms. The van der Waals surface area contributed by atoms with Gasteiger partial charge in [0.2, 0.25) is 0 Å². The maximum Gasteiger partial charge on any atom is 0.126 e. The van der Waals surface area contributed by atoms with Gasteiger partial charge in [-0.2, -0.15) is 0 Å². The fourth-order valence-electron chi connectivity index (χ4n) is 3.44. The van der Waals surface area contributed by atoms with Crippen LogP contribution < -0.4 is 5.73 Å². The molecule has 2 N–H and O–H groups in total. The summed E-state index contributed by atoms with van der Waals surface area (Å²) >= 11 is 0. The van der Waals surface area contributed by atoms with Crippen LogP contribution in [-0.4, -0.2) is 24.5 Å². The van der Waals surface area contributed by atoms with Crippen molar-refractivity contribution in [2.75, 3.05) is 13.6 Å². The topological polar surface area (TPSA) is 29.3 Å². The zero-order chi connectivity index (χ0) is 14.7. The smallest absolute Gasteiger partial charge is 0.126 e. The molecule has 3 heteroatoms. The first kappa shape index (κ1) is 15.5. The lowest BCUT2D eigenvalue weighted by Crippen LogP contribution is -2.41. The predicted octanol–water partition coefficient (Wildman–Crippen LogP) is 3.64. The van der Waals surface area contributed by atoms with Crippen molar-refractivity contribution in [3.8, 4) is 0 Å². The Labute approximate surface area is 122 Å². The van der Waals surface area contributed by atoms with Gasteiger partial charge in [-0.05, 0) is 49.9 Å². The van der Waals surface area contributed by atoms with Gasteiger partial charge >= 0.3 is 0 Å². The minimum absolute atomic E-state index is 0.140. The molecule has 1 saturated carbocycles. The van der Waals surface area contributed by atoms with E-state index in [2.05, 4.69) is 18.9 Å². The first-order chi connectivity index (χ1) is 9.52. The molecule has 1 aromatic rings. The van der Waals surface area contributed by atoms with E-state index in [1.54, 1.807) is 6.07 Å². The Bertz CT molecular complexity index is 447. The molecule has 0 saturated heterocycles. The van der Waals surface area contributed by atoms with Crippen LogP contribution in [0.4, 0.5) is 4.39 Å². The molecule has 0 radical (unpaired) electrons. The summed E-state index contributed by atoms with van der Waals surface area (Å²) in [5.41, 5.74) is 7.83. The Hall–Kier alpha value is -0.930. The molecule has 3 unspecified atom stereocenters. The Morgan fingerprint density at radius 2 is 2.15 bits per heavy atom. The molecule has 0 aromatic heterocycles. The summed E-state index contributed by atoms with van der Waals surface area (Å²) in [6.07, 6.45) is 5.13. The van der Waals surface area contributed by atoms with E-state index in [-0.39, 0.29) is 11.9 Å². The molecule has 0 aliphatic heterocycles. The summed E-state index contributed by atoms with van der Waals surface area (Å²) < 4.78 is 13.4. The number of halogens is 1. The lowest BCUT2D eigenvalue weighted by Gasteiger charge is -2.39. The van der Waals surface area contributed by atoms with Crippen LogP contribution in [0.25, 0.3) is 0 Å². The van der Waals surface area contributed by atoms with Crippen molar-refractivity contribution >= 4 is 0 Å². The SMILES string of the molecule is Cc1cc(C(CN)N(C)C2CCCC(C)C2)ccc1F. The number of aryl methyl sites for hydroxylation is 1. The van der Waals surface area contributed by atoms with Crippen molar-refractivity contribution in [1.29, 1.82) is 0 Å². The minimum Gasteiger partial charge on any atom is -0.329 e. The highest BCUT2D eigenvalue weighted by Gasteiger charge is 2.27. The summed E-state index contributed by atoms with van der Waals surface area (Å²) in [4.78, 5) is 2.41. The van der Waals surface area contributed by atoms with E-state index in [1.807, 2.05) is 19.1 Å². The van der Waals surface area contributed by atoms with E-state index < -0.39 is 0 Å². The molecular formula is C17H27FN2. The molecule has 1 aliphatic carbocycles. The second kappa shape index (κ2) is 6.68. The monoisotopic (exact) mass is 278 g/mol. The molecule has 0 amide bonds. The third-order valence-electron chi connectivity index (χ3n) is 4.77. The molecule has 20 heavy (non-hydrogen) atoms. The van der Waals surface area contributed by atoms with Crippen LogP contribution in [0.15, 0.2) is 18.2 Å². The van der Waals surface area contributed by atoms with Gasteiger partial charge in [0.1, 0.15) is 5.82 Å². The zero-order valence-corrected chi connectivity index (χ0v) is 12.9. The van der Waals surface area contributed by atoms with Crippen molar-refractivity contribution in [2.24, 2.45) is 11.7 Å². The third-order valence-corrected chi connectivity index (χ3v) is 4.77. The van der Waals surface area contributed by atoms with Gasteiger partial charge in [-0.25, -0.2) is 4.39 Å². The van der Waals surface area contributed by atoms with Gasteiger partial charge in [-0.1, -0.05) is 31.9 Å². The first-order valence-electron chi connectivity index (χ1n) is 7.71. The second-order valence-electron chi connectivity index (χ2n) is 6.35. The van der Waals surface area contributed by atoms with Crippen LogP contribution in [0.1, 0.15) is 49.8 Å². The molecule has 2 nitrogen and oxygen atoms in total. The highest BCUT2D eigenvalue weighted by atomic mass is 19.1. The molecule has 0 bridgehead atoms. The largest absolute Gasteiger partial charge is 0.329 e. The molecule has 3 atom stereocenters. The summed E-state index contributed by atoms with van der Waals surface area (Å²) in [6, 6.07) is 6.16. The second-order valence-corrected chi connectivity index (χ2v) is 6.35. The van der Waals surface area contributed by atoms with Gasteiger partial charge in [0, 0.05) is 18.6 Å². The zero-order valence-electron chi connectivity index (χ0n) is 12.9. The lowest BCUT2D eigenvalue weighted by atomic mass is 9.85. The molecule has 112 valence electrons. The van der Waals surface area contributed by atoms with Gasteiger partial charge in [-0.3, -0.25) is 4.90 Å². The molecule has 2 rings (SSSR count). The van der Waals surface area contributed by atoms with Crippen molar-refractivity contribution in [1.82, 2.24) is 4.90 Å². The number of benzene rings is 1. The summed E-state index contributed by atoms with van der Waals surface area (Å²) in [6.45, 7) is 4.72. The van der Waals surface area contributed by atoms with E-state index in [9.17, 15) is 4.39 Å². The highest BCUT2D eigenvalue weighted by Crippen LogP contribution is 2.31. The van der Waals surface area contributed by atoms with Crippen LogP contribution in [0.3, 0.4) is 0 Å². The van der Waals surface area contributed by atoms with Crippen LogP contribution in [0.5, 0.6) is 0 Å². The van der Waals surface area contributed by atoms with Crippen molar-refractivity contribution in [3.63, 3.8) is 0 Å². The molecule has 1 aromatic carbocycles. The fraction of sp³-hybridized carbons (Fsp3) is 0.647. The van der Waals surface area contributed by atoms with Gasteiger partial charge in [0.15, 0.2) is 0 Å². The van der Waals surface area contributed by atoms with Crippen LogP contribution in [0.2, 0.25) is 0 Å².